The molecule has 122 valence electrons. The Labute approximate surface area is 134 Å². The first-order valence-electron chi connectivity index (χ1n) is 7.35. The van der Waals surface area contributed by atoms with Gasteiger partial charge in [0.2, 0.25) is 15.9 Å². The van der Waals surface area contributed by atoms with Gasteiger partial charge in [-0.05, 0) is 12.1 Å². The molecule has 2 aromatic heterocycles. The number of likely N-dealkylation sites (tertiary alicyclic amines) is 1. The third kappa shape index (κ3) is 2.60. The molecule has 0 amide bonds. The maximum absolute atomic E-state index is 12.4. The predicted molar refractivity (Wildman–Crippen MR) is 81.2 cm³/mol. The molecule has 8 nitrogen and oxygen atoms in total. The van der Waals surface area contributed by atoms with Gasteiger partial charge >= 0.3 is 0 Å². The third-order valence-corrected chi connectivity index (χ3v) is 5.73. The lowest BCUT2D eigenvalue weighted by Gasteiger charge is -2.16. The Morgan fingerprint density at radius 2 is 2.22 bits per heavy atom. The molecule has 1 N–H and O–H groups in total. The van der Waals surface area contributed by atoms with E-state index in [1.54, 1.807) is 12.3 Å². The first-order chi connectivity index (χ1) is 11.0. The number of hydrogen-bond donors (Lipinski definition) is 1. The SMILES string of the molecule is Cn1ccnc1CN1CC2NS(=O)(=O)c3cccnc3OC2C1. The van der Waals surface area contributed by atoms with Gasteiger partial charge in [-0.25, -0.2) is 23.1 Å². The summed E-state index contributed by atoms with van der Waals surface area (Å²) in [6.07, 6.45) is 4.92. The van der Waals surface area contributed by atoms with E-state index in [4.69, 9.17) is 4.74 Å². The van der Waals surface area contributed by atoms with Crippen molar-refractivity contribution in [3.8, 4) is 5.88 Å². The fraction of sp³-hybridized carbons (Fsp3) is 0.429. The van der Waals surface area contributed by atoms with Crippen LogP contribution in [0.1, 0.15) is 5.82 Å². The Balaban J connectivity index is 1.58. The van der Waals surface area contributed by atoms with Crippen molar-refractivity contribution in [2.24, 2.45) is 7.05 Å². The van der Waals surface area contributed by atoms with E-state index in [-0.39, 0.29) is 22.9 Å². The topological polar surface area (TPSA) is 89.4 Å². The van der Waals surface area contributed by atoms with Gasteiger partial charge in [-0.3, -0.25) is 4.90 Å². The number of fused-ring (bicyclic) bond motifs is 2. The van der Waals surface area contributed by atoms with Crippen LogP contribution in [0, 0.1) is 0 Å². The number of rotatable bonds is 2. The molecule has 1 saturated heterocycles. The third-order valence-electron chi connectivity index (χ3n) is 4.22. The van der Waals surface area contributed by atoms with Gasteiger partial charge in [-0.1, -0.05) is 0 Å². The molecule has 0 saturated carbocycles. The summed E-state index contributed by atoms with van der Waals surface area (Å²) < 4.78 is 35.5. The van der Waals surface area contributed by atoms with Crippen molar-refractivity contribution in [3.05, 3.63) is 36.5 Å². The van der Waals surface area contributed by atoms with Crippen LogP contribution >= 0.6 is 0 Å². The lowest BCUT2D eigenvalue weighted by Crippen LogP contribution is -2.42. The minimum absolute atomic E-state index is 0.102. The number of pyridine rings is 1. The number of sulfonamides is 1. The summed E-state index contributed by atoms with van der Waals surface area (Å²) in [7, 11) is -1.67. The number of nitrogens with zero attached hydrogens (tertiary/aromatic N) is 4. The average Bonchev–Trinajstić information content (AvgIpc) is 3.04. The molecule has 4 heterocycles. The first-order valence-corrected chi connectivity index (χ1v) is 8.84. The zero-order chi connectivity index (χ0) is 16.0. The molecule has 2 unspecified atom stereocenters. The zero-order valence-electron chi connectivity index (χ0n) is 12.6. The van der Waals surface area contributed by atoms with Gasteiger partial charge in [0.25, 0.3) is 0 Å². The number of aryl methyl sites for hydroxylation is 1. The Bertz CT molecular complexity index is 834. The van der Waals surface area contributed by atoms with Crippen molar-refractivity contribution in [3.63, 3.8) is 0 Å². The van der Waals surface area contributed by atoms with Crippen LogP contribution in [-0.4, -0.2) is 53.1 Å². The number of hydrogen-bond acceptors (Lipinski definition) is 6. The molecular formula is C14H17N5O3S. The number of ether oxygens (including phenoxy) is 1. The Morgan fingerprint density at radius 1 is 1.35 bits per heavy atom. The molecular weight excluding hydrogens is 318 g/mol. The number of imidazole rings is 1. The Morgan fingerprint density at radius 3 is 3.00 bits per heavy atom. The van der Waals surface area contributed by atoms with Crippen LogP contribution < -0.4 is 9.46 Å². The normalized spacial score (nSPS) is 26.1. The fourth-order valence-electron chi connectivity index (χ4n) is 3.04. The number of nitrogens with one attached hydrogen (secondary N) is 1. The first kappa shape index (κ1) is 14.6. The van der Waals surface area contributed by atoms with Gasteiger partial charge < -0.3 is 9.30 Å². The van der Waals surface area contributed by atoms with E-state index in [0.29, 0.717) is 19.6 Å². The summed E-state index contributed by atoms with van der Waals surface area (Å²) in [6, 6.07) is 2.81. The summed E-state index contributed by atoms with van der Waals surface area (Å²) in [4.78, 5) is 10.6. The highest BCUT2D eigenvalue weighted by Crippen LogP contribution is 2.29. The number of aromatic nitrogens is 3. The summed E-state index contributed by atoms with van der Waals surface area (Å²) in [6.45, 7) is 1.84. The lowest BCUT2D eigenvalue weighted by atomic mass is 10.2. The van der Waals surface area contributed by atoms with Gasteiger partial charge in [-0.15, -0.1) is 0 Å². The van der Waals surface area contributed by atoms with E-state index in [1.807, 2.05) is 17.8 Å². The molecule has 2 aliphatic heterocycles. The summed E-state index contributed by atoms with van der Waals surface area (Å²) in [5.41, 5.74) is 0. The Hall–Kier alpha value is -1.97. The van der Waals surface area contributed by atoms with Crippen molar-refractivity contribution < 1.29 is 13.2 Å². The highest BCUT2D eigenvalue weighted by atomic mass is 32.2. The maximum atomic E-state index is 12.4. The summed E-state index contributed by atoms with van der Waals surface area (Å²) in [5.74, 6) is 1.11. The maximum Gasteiger partial charge on any atom is 0.246 e. The second kappa shape index (κ2) is 5.29. The van der Waals surface area contributed by atoms with Crippen LogP contribution in [0.15, 0.2) is 35.6 Å². The van der Waals surface area contributed by atoms with Gasteiger partial charge in [0.15, 0.2) is 0 Å². The second-order valence-corrected chi connectivity index (χ2v) is 7.52. The van der Waals surface area contributed by atoms with Gasteiger partial charge in [0, 0.05) is 38.7 Å². The highest BCUT2D eigenvalue weighted by molar-refractivity contribution is 7.89. The van der Waals surface area contributed by atoms with E-state index in [2.05, 4.69) is 19.6 Å². The van der Waals surface area contributed by atoms with Crippen LogP contribution in [0.4, 0.5) is 0 Å². The molecule has 0 spiro atoms. The van der Waals surface area contributed by atoms with Gasteiger partial charge in [0.1, 0.15) is 16.8 Å². The van der Waals surface area contributed by atoms with Crippen molar-refractivity contribution in [1.29, 1.82) is 0 Å². The van der Waals surface area contributed by atoms with Crippen LogP contribution in [-0.2, 0) is 23.6 Å². The molecule has 23 heavy (non-hydrogen) atoms. The van der Waals surface area contributed by atoms with E-state index in [0.717, 1.165) is 5.82 Å². The molecule has 9 heteroatoms. The molecule has 2 aliphatic rings. The molecule has 2 atom stereocenters. The predicted octanol–water partition coefficient (Wildman–Crippen LogP) is -0.261. The van der Waals surface area contributed by atoms with Crippen LogP contribution in [0.5, 0.6) is 5.88 Å². The van der Waals surface area contributed by atoms with Crippen molar-refractivity contribution >= 4 is 10.0 Å². The van der Waals surface area contributed by atoms with Crippen molar-refractivity contribution in [2.45, 2.75) is 23.6 Å². The average molecular weight is 335 g/mol. The van der Waals surface area contributed by atoms with E-state index in [9.17, 15) is 8.42 Å². The molecule has 0 radical (unpaired) electrons. The molecule has 2 aromatic rings. The van der Waals surface area contributed by atoms with Crippen LogP contribution in [0.2, 0.25) is 0 Å². The fourth-order valence-corrected chi connectivity index (χ4v) is 4.38. The van der Waals surface area contributed by atoms with E-state index >= 15 is 0 Å². The van der Waals surface area contributed by atoms with Gasteiger partial charge in [-0.2, -0.15) is 0 Å². The monoisotopic (exact) mass is 335 g/mol. The smallest absolute Gasteiger partial charge is 0.246 e. The van der Waals surface area contributed by atoms with Crippen molar-refractivity contribution in [2.75, 3.05) is 13.1 Å². The molecule has 0 aliphatic carbocycles. The molecule has 4 rings (SSSR count). The second-order valence-electron chi connectivity index (χ2n) is 5.84. The lowest BCUT2D eigenvalue weighted by molar-refractivity contribution is 0.176. The van der Waals surface area contributed by atoms with Crippen molar-refractivity contribution in [1.82, 2.24) is 24.2 Å². The summed E-state index contributed by atoms with van der Waals surface area (Å²) in [5, 5.41) is 0. The van der Waals surface area contributed by atoms with E-state index in [1.165, 1.54) is 12.3 Å². The van der Waals surface area contributed by atoms with Crippen LogP contribution in [0.3, 0.4) is 0 Å². The highest BCUT2D eigenvalue weighted by Gasteiger charge is 2.41. The Kier molecular flexibility index (Phi) is 3.36. The summed E-state index contributed by atoms with van der Waals surface area (Å²) >= 11 is 0. The molecule has 1 fully saturated rings. The van der Waals surface area contributed by atoms with Crippen LogP contribution in [0.25, 0.3) is 0 Å². The van der Waals surface area contributed by atoms with Gasteiger partial charge in [0.05, 0.1) is 12.6 Å². The minimum atomic E-state index is -3.61. The zero-order valence-corrected chi connectivity index (χ0v) is 13.4. The molecule has 0 bridgehead atoms. The minimum Gasteiger partial charge on any atom is -0.470 e. The van der Waals surface area contributed by atoms with E-state index < -0.39 is 10.0 Å². The molecule has 0 aromatic carbocycles. The quantitative estimate of drug-likeness (QED) is 0.813. The standard InChI is InChI=1S/C14H17N5O3S/c1-18-6-5-15-13(18)9-19-7-10-11(8-19)22-14-12(3-2-4-16-14)23(20,21)17-10/h2-6,10-11,17H,7-9H2,1H3. The largest absolute Gasteiger partial charge is 0.470 e.